The molecule has 0 aliphatic carbocycles. The molecule has 8 heteroatoms. The van der Waals surface area contributed by atoms with E-state index < -0.39 is 15.6 Å². The maximum absolute atomic E-state index is 12.7. The number of sulfonamides is 1. The van der Waals surface area contributed by atoms with Crippen LogP contribution in [-0.4, -0.2) is 26.6 Å². The first-order valence-electron chi connectivity index (χ1n) is 6.13. The molecule has 0 radical (unpaired) electrons. The summed E-state index contributed by atoms with van der Waals surface area (Å²) >= 11 is 5.71. The minimum absolute atomic E-state index is 0.0659. The lowest BCUT2D eigenvalue weighted by Gasteiger charge is -2.30. The molecule has 21 heavy (non-hydrogen) atoms. The first kappa shape index (κ1) is 14.0. The Kier molecular flexibility index (Phi) is 3.38. The van der Waals surface area contributed by atoms with Crippen molar-refractivity contribution in [1.82, 2.24) is 4.98 Å². The van der Waals surface area contributed by atoms with Gasteiger partial charge >= 0.3 is 0 Å². The van der Waals surface area contributed by atoms with Crippen LogP contribution >= 0.6 is 11.6 Å². The molecule has 0 unspecified atom stereocenters. The van der Waals surface area contributed by atoms with E-state index in [0.717, 1.165) is 12.3 Å². The second-order valence-electron chi connectivity index (χ2n) is 4.41. The normalized spacial score (nSPS) is 14.4. The minimum Gasteiger partial charge on any atom is -0.489 e. The van der Waals surface area contributed by atoms with Gasteiger partial charge in [0.05, 0.1) is 12.2 Å². The van der Waals surface area contributed by atoms with Crippen LogP contribution in [0.25, 0.3) is 0 Å². The largest absolute Gasteiger partial charge is 0.489 e. The van der Waals surface area contributed by atoms with Gasteiger partial charge in [0, 0.05) is 6.20 Å². The number of nitrogens with zero attached hydrogens (tertiary/aromatic N) is 1. The zero-order valence-electron chi connectivity index (χ0n) is 10.7. The molecule has 110 valence electrons. The average Bonchev–Trinajstić information content (AvgIpc) is 2.49. The van der Waals surface area contributed by atoms with Crippen molar-refractivity contribution < 1.29 is 13.2 Å². The topological polar surface area (TPSA) is 79.5 Å². The molecule has 3 rings (SSSR count). The monoisotopic (exact) mass is 326 g/mol. The number of benzene rings is 1. The van der Waals surface area contributed by atoms with E-state index in [4.69, 9.17) is 16.3 Å². The van der Waals surface area contributed by atoms with E-state index in [1.54, 1.807) is 24.3 Å². The number of aromatic amines is 1. The van der Waals surface area contributed by atoms with Gasteiger partial charge in [0.1, 0.15) is 22.3 Å². The lowest BCUT2D eigenvalue weighted by Crippen LogP contribution is -2.38. The zero-order chi connectivity index (χ0) is 15.0. The van der Waals surface area contributed by atoms with Crippen molar-refractivity contribution in [3.8, 4) is 5.75 Å². The highest BCUT2D eigenvalue weighted by molar-refractivity contribution is 7.92. The van der Waals surface area contributed by atoms with Gasteiger partial charge in [0.25, 0.3) is 15.6 Å². The third kappa shape index (κ3) is 2.38. The first-order valence-corrected chi connectivity index (χ1v) is 7.95. The molecule has 1 aliphatic rings. The molecule has 0 bridgehead atoms. The zero-order valence-corrected chi connectivity index (χ0v) is 12.3. The van der Waals surface area contributed by atoms with Gasteiger partial charge in [0.15, 0.2) is 0 Å². The van der Waals surface area contributed by atoms with Gasteiger partial charge in [0.2, 0.25) is 0 Å². The van der Waals surface area contributed by atoms with E-state index in [2.05, 4.69) is 4.98 Å². The fraction of sp³-hybridized carbons (Fsp3) is 0.154. The molecule has 2 heterocycles. The number of rotatable bonds is 2. The molecule has 0 saturated carbocycles. The van der Waals surface area contributed by atoms with Gasteiger partial charge < -0.3 is 9.72 Å². The molecule has 2 aromatic rings. The van der Waals surface area contributed by atoms with Crippen LogP contribution in [0.4, 0.5) is 5.69 Å². The molecule has 1 aromatic heterocycles. The average molecular weight is 327 g/mol. The summed E-state index contributed by atoms with van der Waals surface area (Å²) in [6, 6.07) is 8.02. The van der Waals surface area contributed by atoms with Crippen molar-refractivity contribution in [2.75, 3.05) is 17.5 Å². The lowest BCUT2D eigenvalue weighted by molar-refractivity contribution is 0.316. The molecule has 0 atom stereocenters. The Labute approximate surface area is 126 Å². The van der Waals surface area contributed by atoms with E-state index in [1.165, 1.54) is 4.31 Å². The number of para-hydroxylation sites is 2. The third-order valence-electron chi connectivity index (χ3n) is 3.11. The van der Waals surface area contributed by atoms with Crippen molar-refractivity contribution in [2.24, 2.45) is 0 Å². The van der Waals surface area contributed by atoms with Crippen molar-refractivity contribution >= 4 is 27.3 Å². The van der Waals surface area contributed by atoms with E-state index in [1.807, 2.05) is 0 Å². The van der Waals surface area contributed by atoms with Crippen LogP contribution in [0.15, 0.2) is 46.2 Å². The van der Waals surface area contributed by atoms with Gasteiger partial charge in [-0.2, -0.15) is 0 Å². The Hall–Kier alpha value is -1.99. The Morgan fingerprint density at radius 3 is 2.81 bits per heavy atom. The predicted molar refractivity (Wildman–Crippen MR) is 78.5 cm³/mol. The van der Waals surface area contributed by atoms with Crippen LogP contribution in [0.5, 0.6) is 5.75 Å². The molecule has 6 nitrogen and oxygen atoms in total. The van der Waals surface area contributed by atoms with Gasteiger partial charge in [-0.3, -0.25) is 9.10 Å². The van der Waals surface area contributed by atoms with Crippen LogP contribution in [0.2, 0.25) is 5.02 Å². The number of pyridine rings is 1. The van der Waals surface area contributed by atoms with Crippen molar-refractivity contribution in [1.29, 1.82) is 0 Å². The van der Waals surface area contributed by atoms with Gasteiger partial charge in [-0.15, -0.1) is 0 Å². The summed E-state index contributed by atoms with van der Waals surface area (Å²) in [5.41, 5.74) is -0.0657. The molecule has 0 fully saturated rings. The molecule has 0 amide bonds. The number of halogens is 1. The van der Waals surface area contributed by atoms with Crippen LogP contribution in [-0.2, 0) is 10.0 Å². The molecule has 0 saturated heterocycles. The quantitative estimate of drug-likeness (QED) is 0.909. The summed E-state index contributed by atoms with van der Waals surface area (Å²) in [5, 5.41) is -0.169. The summed E-state index contributed by atoms with van der Waals surface area (Å²) < 4.78 is 32.1. The Balaban J connectivity index is 2.11. The molecule has 1 aromatic carbocycles. The fourth-order valence-corrected chi connectivity index (χ4v) is 3.80. The molecular weight excluding hydrogens is 316 g/mol. The maximum atomic E-state index is 12.7. The highest BCUT2D eigenvalue weighted by Gasteiger charge is 2.30. The summed E-state index contributed by atoms with van der Waals surface area (Å²) in [7, 11) is -3.82. The van der Waals surface area contributed by atoms with E-state index >= 15 is 0 Å². The minimum atomic E-state index is -3.82. The number of hydrogen-bond acceptors (Lipinski definition) is 4. The number of fused-ring (bicyclic) bond motifs is 1. The number of hydrogen-bond donors (Lipinski definition) is 1. The van der Waals surface area contributed by atoms with Gasteiger partial charge in [-0.05, 0) is 18.2 Å². The highest BCUT2D eigenvalue weighted by Crippen LogP contribution is 2.34. The van der Waals surface area contributed by atoms with Gasteiger partial charge in [-0.25, -0.2) is 8.42 Å². The lowest BCUT2D eigenvalue weighted by atomic mass is 10.2. The van der Waals surface area contributed by atoms with Crippen molar-refractivity contribution in [3.63, 3.8) is 0 Å². The predicted octanol–water partition coefficient (Wildman–Crippen LogP) is 1.62. The highest BCUT2D eigenvalue weighted by atomic mass is 35.5. The number of H-pyrrole nitrogens is 1. The summed E-state index contributed by atoms with van der Waals surface area (Å²) in [4.78, 5) is 13.5. The molecule has 0 spiro atoms. The van der Waals surface area contributed by atoms with E-state index in [9.17, 15) is 13.2 Å². The molecular formula is C13H11ClN2O4S. The fourth-order valence-electron chi connectivity index (χ4n) is 2.11. The Morgan fingerprint density at radius 1 is 1.29 bits per heavy atom. The first-order chi connectivity index (χ1) is 10.00. The van der Waals surface area contributed by atoms with Crippen LogP contribution in [0.1, 0.15) is 0 Å². The van der Waals surface area contributed by atoms with Gasteiger partial charge in [-0.1, -0.05) is 23.7 Å². The Bertz CT molecular complexity index is 847. The van der Waals surface area contributed by atoms with Crippen molar-refractivity contribution in [2.45, 2.75) is 4.90 Å². The van der Waals surface area contributed by atoms with Crippen LogP contribution in [0, 0.1) is 0 Å². The molecule has 1 N–H and O–H groups in total. The van der Waals surface area contributed by atoms with Crippen LogP contribution in [0.3, 0.4) is 0 Å². The number of nitrogens with one attached hydrogen (secondary N) is 1. The number of ether oxygens (including phenoxy) is 1. The van der Waals surface area contributed by atoms with E-state index in [-0.39, 0.29) is 23.1 Å². The summed E-state index contributed by atoms with van der Waals surface area (Å²) in [6.45, 7) is 0.448. The summed E-state index contributed by atoms with van der Waals surface area (Å²) in [5.74, 6) is 0.503. The van der Waals surface area contributed by atoms with Crippen molar-refractivity contribution in [3.05, 3.63) is 51.9 Å². The number of aromatic nitrogens is 1. The number of anilines is 1. The van der Waals surface area contributed by atoms with E-state index in [0.29, 0.717) is 11.4 Å². The Morgan fingerprint density at radius 2 is 2.05 bits per heavy atom. The second-order valence-corrected chi connectivity index (χ2v) is 6.68. The maximum Gasteiger partial charge on any atom is 0.266 e. The summed E-state index contributed by atoms with van der Waals surface area (Å²) in [6.07, 6.45) is 1.14. The SMILES string of the molecule is O=c1[nH]cc(S(=O)(=O)N2CCOc3ccccc32)cc1Cl. The standard InChI is InChI=1S/C13H11ClN2O4S/c14-10-7-9(8-15-13(10)17)21(18,19)16-5-6-20-12-4-2-1-3-11(12)16/h1-4,7-8H,5-6H2,(H,15,17). The van der Waals surface area contributed by atoms with Crippen LogP contribution < -0.4 is 14.6 Å². The smallest absolute Gasteiger partial charge is 0.266 e. The third-order valence-corrected chi connectivity index (χ3v) is 5.18. The second kappa shape index (κ2) is 5.09. The molecule has 1 aliphatic heterocycles.